The molecule has 0 bridgehead atoms. The number of ether oxygens (including phenoxy) is 2. The lowest BCUT2D eigenvalue weighted by Crippen LogP contribution is -2.00. The van der Waals surface area contributed by atoms with Gasteiger partial charge in [-0.15, -0.1) is 0 Å². The molecule has 7 heteroatoms. The van der Waals surface area contributed by atoms with Crippen LogP contribution in [-0.2, 0) is 16.1 Å². The molecule has 0 saturated heterocycles. The molecule has 0 spiro atoms. The number of carbonyl (C=O) groups excluding carboxylic acids is 1. The molecule has 0 atom stereocenters. The standard InChI is InChI=1S/C17H14N2O5/c1-21-14-7-3-2-6-13(14)17-18-15(24-19-17)11-23-16(20)9-8-12-5-4-10-22-12/h2-10H,11H2,1H3/b9-8+. The molecule has 0 aliphatic rings. The highest BCUT2D eigenvalue weighted by molar-refractivity contribution is 5.86. The molecule has 0 amide bonds. The second kappa shape index (κ2) is 7.28. The zero-order valence-electron chi connectivity index (χ0n) is 12.8. The van der Waals surface area contributed by atoms with Crippen LogP contribution in [0.15, 0.2) is 57.7 Å². The van der Waals surface area contributed by atoms with Gasteiger partial charge in [0.2, 0.25) is 5.82 Å². The van der Waals surface area contributed by atoms with Gasteiger partial charge in [-0.2, -0.15) is 4.98 Å². The zero-order chi connectivity index (χ0) is 16.8. The number of benzene rings is 1. The van der Waals surface area contributed by atoms with E-state index in [1.807, 2.05) is 18.2 Å². The van der Waals surface area contributed by atoms with Gasteiger partial charge in [0.15, 0.2) is 6.61 Å². The van der Waals surface area contributed by atoms with Crippen LogP contribution in [0.2, 0.25) is 0 Å². The Morgan fingerprint density at radius 1 is 1.25 bits per heavy atom. The maximum atomic E-state index is 11.6. The van der Waals surface area contributed by atoms with E-state index in [0.717, 1.165) is 0 Å². The largest absolute Gasteiger partial charge is 0.496 e. The molecule has 0 saturated carbocycles. The molecular formula is C17H14N2O5. The summed E-state index contributed by atoms with van der Waals surface area (Å²) in [4.78, 5) is 15.8. The van der Waals surface area contributed by atoms with Gasteiger partial charge in [0.05, 0.1) is 18.9 Å². The van der Waals surface area contributed by atoms with Gasteiger partial charge in [0.1, 0.15) is 11.5 Å². The summed E-state index contributed by atoms with van der Waals surface area (Å²) in [7, 11) is 1.56. The van der Waals surface area contributed by atoms with E-state index in [9.17, 15) is 4.79 Å². The molecule has 7 nitrogen and oxygen atoms in total. The monoisotopic (exact) mass is 326 g/mol. The van der Waals surface area contributed by atoms with Gasteiger partial charge in [-0.3, -0.25) is 0 Å². The summed E-state index contributed by atoms with van der Waals surface area (Å²) in [5, 5.41) is 3.87. The minimum absolute atomic E-state index is 0.122. The predicted octanol–water partition coefficient (Wildman–Crippen LogP) is 3.09. The molecule has 2 aromatic heterocycles. The Hall–Kier alpha value is -3.35. The highest BCUT2D eigenvalue weighted by Gasteiger charge is 2.13. The first-order chi connectivity index (χ1) is 11.8. The Bertz CT molecular complexity index is 836. The fraction of sp³-hybridized carbons (Fsp3) is 0.118. The highest BCUT2D eigenvalue weighted by atomic mass is 16.6. The number of methoxy groups -OCH3 is 1. The Morgan fingerprint density at radius 3 is 2.92 bits per heavy atom. The van der Waals surface area contributed by atoms with Crippen LogP contribution in [0.5, 0.6) is 5.75 Å². The van der Waals surface area contributed by atoms with Crippen molar-refractivity contribution in [2.24, 2.45) is 0 Å². The molecule has 1 aromatic carbocycles. The lowest BCUT2D eigenvalue weighted by molar-refractivity contribution is -0.139. The Labute approximate surface area is 137 Å². The SMILES string of the molecule is COc1ccccc1-c1noc(COC(=O)/C=C/c2ccco2)n1. The van der Waals surface area contributed by atoms with Crippen molar-refractivity contribution in [1.82, 2.24) is 10.1 Å². The fourth-order valence-electron chi connectivity index (χ4n) is 1.97. The summed E-state index contributed by atoms with van der Waals surface area (Å²) in [5.41, 5.74) is 0.694. The van der Waals surface area contributed by atoms with Gasteiger partial charge < -0.3 is 18.4 Å². The van der Waals surface area contributed by atoms with Crippen LogP contribution in [0.25, 0.3) is 17.5 Å². The minimum atomic E-state index is -0.538. The average molecular weight is 326 g/mol. The normalized spacial score (nSPS) is 10.9. The van der Waals surface area contributed by atoms with Crippen LogP contribution in [-0.4, -0.2) is 23.2 Å². The van der Waals surface area contributed by atoms with E-state index in [0.29, 0.717) is 22.9 Å². The summed E-state index contributed by atoms with van der Waals surface area (Å²) in [6.45, 7) is -0.122. The number of esters is 1. The van der Waals surface area contributed by atoms with Crippen molar-refractivity contribution in [3.63, 3.8) is 0 Å². The Morgan fingerprint density at radius 2 is 2.12 bits per heavy atom. The summed E-state index contributed by atoms with van der Waals surface area (Å²) in [5.74, 6) is 1.20. The lowest BCUT2D eigenvalue weighted by atomic mass is 10.2. The number of rotatable bonds is 6. The second-order valence-corrected chi connectivity index (χ2v) is 4.67. The third kappa shape index (κ3) is 3.70. The fourth-order valence-corrected chi connectivity index (χ4v) is 1.97. The van der Waals surface area contributed by atoms with Crippen molar-refractivity contribution in [3.05, 3.63) is 60.4 Å². The minimum Gasteiger partial charge on any atom is -0.496 e. The van der Waals surface area contributed by atoms with Gasteiger partial charge in [0, 0.05) is 6.08 Å². The number of hydrogen-bond donors (Lipinski definition) is 0. The number of carbonyl (C=O) groups is 1. The van der Waals surface area contributed by atoms with Gasteiger partial charge >= 0.3 is 5.97 Å². The Kier molecular flexibility index (Phi) is 4.71. The molecule has 2 heterocycles. The van der Waals surface area contributed by atoms with Crippen LogP contribution in [0.4, 0.5) is 0 Å². The van der Waals surface area contributed by atoms with Crippen molar-refractivity contribution < 1.29 is 23.2 Å². The average Bonchev–Trinajstić information content (AvgIpc) is 3.29. The van der Waals surface area contributed by atoms with Crippen LogP contribution < -0.4 is 4.74 Å². The molecule has 24 heavy (non-hydrogen) atoms. The lowest BCUT2D eigenvalue weighted by Gasteiger charge is -2.03. The van der Waals surface area contributed by atoms with Crippen LogP contribution in [0.1, 0.15) is 11.7 Å². The van der Waals surface area contributed by atoms with Crippen molar-refractivity contribution in [3.8, 4) is 17.1 Å². The molecule has 3 aromatic rings. The van der Waals surface area contributed by atoms with Gasteiger partial charge in [-0.25, -0.2) is 4.79 Å². The van der Waals surface area contributed by atoms with Crippen molar-refractivity contribution in [1.29, 1.82) is 0 Å². The predicted molar refractivity (Wildman–Crippen MR) is 83.8 cm³/mol. The summed E-state index contributed by atoms with van der Waals surface area (Å²) in [6.07, 6.45) is 4.29. The van der Waals surface area contributed by atoms with Crippen LogP contribution in [0, 0.1) is 0 Å². The van der Waals surface area contributed by atoms with E-state index in [4.69, 9.17) is 18.4 Å². The van der Waals surface area contributed by atoms with E-state index in [1.54, 1.807) is 25.3 Å². The van der Waals surface area contributed by atoms with Gasteiger partial charge in [-0.05, 0) is 30.3 Å². The number of furan rings is 1. The zero-order valence-corrected chi connectivity index (χ0v) is 12.8. The number of aromatic nitrogens is 2. The van der Waals surface area contributed by atoms with E-state index >= 15 is 0 Å². The quantitative estimate of drug-likeness (QED) is 0.508. The third-order valence-electron chi connectivity index (χ3n) is 3.08. The topological polar surface area (TPSA) is 87.6 Å². The maximum absolute atomic E-state index is 11.6. The molecule has 0 aliphatic heterocycles. The van der Waals surface area contributed by atoms with E-state index in [2.05, 4.69) is 10.1 Å². The first-order valence-electron chi connectivity index (χ1n) is 7.10. The molecule has 3 rings (SSSR count). The highest BCUT2D eigenvalue weighted by Crippen LogP contribution is 2.27. The first-order valence-corrected chi connectivity index (χ1v) is 7.10. The second-order valence-electron chi connectivity index (χ2n) is 4.67. The van der Waals surface area contributed by atoms with Crippen LogP contribution in [0.3, 0.4) is 0 Å². The molecular weight excluding hydrogens is 312 g/mol. The molecule has 122 valence electrons. The van der Waals surface area contributed by atoms with E-state index in [1.165, 1.54) is 18.4 Å². The van der Waals surface area contributed by atoms with Crippen molar-refractivity contribution in [2.45, 2.75) is 6.61 Å². The molecule has 0 unspecified atom stereocenters. The summed E-state index contributed by atoms with van der Waals surface area (Å²) < 4.78 is 20.4. The molecule has 0 N–H and O–H groups in total. The smallest absolute Gasteiger partial charge is 0.331 e. The number of hydrogen-bond acceptors (Lipinski definition) is 7. The molecule has 0 aliphatic carbocycles. The number of nitrogens with zero attached hydrogens (tertiary/aromatic N) is 2. The van der Waals surface area contributed by atoms with Crippen LogP contribution >= 0.6 is 0 Å². The van der Waals surface area contributed by atoms with Gasteiger partial charge in [0.25, 0.3) is 5.89 Å². The Balaban J connectivity index is 1.61. The van der Waals surface area contributed by atoms with Gasteiger partial charge in [-0.1, -0.05) is 17.3 Å². The number of para-hydroxylation sites is 1. The van der Waals surface area contributed by atoms with Crippen molar-refractivity contribution >= 4 is 12.0 Å². The summed E-state index contributed by atoms with van der Waals surface area (Å²) >= 11 is 0. The molecule has 0 radical (unpaired) electrons. The maximum Gasteiger partial charge on any atom is 0.331 e. The van der Waals surface area contributed by atoms with E-state index < -0.39 is 5.97 Å². The van der Waals surface area contributed by atoms with Crippen molar-refractivity contribution in [2.75, 3.05) is 7.11 Å². The molecule has 0 fully saturated rings. The first kappa shape index (κ1) is 15.5. The van der Waals surface area contributed by atoms with E-state index in [-0.39, 0.29) is 12.5 Å². The summed E-state index contributed by atoms with van der Waals surface area (Å²) in [6, 6.07) is 10.7. The third-order valence-corrected chi connectivity index (χ3v) is 3.08.